The molecule has 26 heavy (non-hydrogen) atoms. The minimum Gasteiger partial charge on any atom is -0.482 e. The third-order valence-electron chi connectivity index (χ3n) is 4.12. The Kier molecular flexibility index (Phi) is 4.88. The first-order valence-electron chi connectivity index (χ1n) is 8.18. The standard InChI is InChI=1S/C19H18N2O5/c1-2-12-5-3-4-6-14(12)20-17(22)10-21-15-8-7-13(19(24)25)9-16(15)26-11-18(21)23/h3-9H,2,10-11H2,1H3,(H,20,22)(H,24,25). The second-order valence-electron chi connectivity index (χ2n) is 5.82. The summed E-state index contributed by atoms with van der Waals surface area (Å²) in [6.07, 6.45) is 0.772. The Balaban J connectivity index is 1.80. The molecule has 1 aliphatic rings. The summed E-state index contributed by atoms with van der Waals surface area (Å²) in [5, 5.41) is 11.9. The van der Waals surface area contributed by atoms with Crippen molar-refractivity contribution in [2.24, 2.45) is 0 Å². The Morgan fingerprint density at radius 3 is 2.73 bits per heavy atom. The summed E-state index contributed by atoms with van der Waals surface area (Å²) < 4.78 is 5.31. The summed E-state index contributed by atoms with van der Waals surface area (Å²) >= 11 is 0. The van der Waals surface area contributed by atoms with E-state index in [4.69, 9.17) is 9.84 Å². The number of para-hydroxylation sites is 1. The zero-order valence-electron chi connectivity index (χ0n) is 14.2. The van der Waals surface area contributed by atoms with Crippen molar-refractivity contribution in [3.63, 3.8) is 0 Å². The van der Waals surface area contributed by atoms with Gasteiger partial charge in [-0.05, 0) is 36.2 Å². The number of aromatic carboxylic acids is 1. The molecular weight excluding hydrogens is 336 g/mol. The van der Waals surface area contributed by atoms with Crippen molar-refractivity contribution in [2.45, 2.75) is 13.3 Å². The zero-order valence-corrected chi connectivity index (χ0v) is 14.2. The van der Waals surface area contributed by atoms with Gasteiger partial charge in [-0.25, -0.2) is 4.79 Å². The highest BCUT2D eigenvalue weighted by Gasteiger charge is 2.28. The van der Waals surface area contributed by atoms with Gasteiger partial charge in [0.15, 0.2) is 6.61 Å². The van der Waals surface area contributed by atoms with E-state index in [1.165, 1.54) is 23.1 Å². The Morgan fingerprint density at radius 1 is 1.23 bits per heavy atom. The molecule has 0 saturated heterocycles. The second kappa shape index (κ2) is 7.26. The highest BCUT2D eigenvalue weighted by molar-refractivity contribution is 6.05. The number of anilines is 2. The van der Waals surface area contributed by atoms with Crippen LogP contribution in [-0.2, 0) is 16.0 Å². The van der Waals surface area contributed by atoms with Gasteiger partial charge in [0.05, 0.1) is 11.3 Å². The number of hydrogen-bond acceptors (Lipinski definition) is 4. The van der Waals surface area contributed by atoms with Gasteiger partial charge in [-0.15, -0.1) is 0 Å². The van der Waals surface area contributed by atoms with Crippen LogP contribution in [0.25, 0.3) is 0 Å². The lowest BCUT2D eigenvalue weighted by Gasteiger charge is -2.29. The van der Waals surface area contributed by atoms with Gasteiger partial charge >= 0.3 is 5.97 Å². The number of carboxylic acid groups (broad SMARTS) is 1. The van der Waals surface area contributed by atoms with E-state index >= 15 is 0 Å². The zero-order chi connectivity index (χ0) is 18.7. The summed E-state index contributed by atoms with van der Waals surface area (Å²) in [4.78, 5) is 37.0. The fourth-order valence-corrected chi connectivity index (χ4v) is 2.79. The first-order chi connectivity index (χ1) is 12.5. The van der Waals surface area contributed by atoms with Crippen LogP contribution < -0.4 is 15.0 Å². The molecule has 0 spiro atoms. The van der Waals surface area contributed by atoms with Gasteiger partial charge in [0.2, 0.25) is 5.91 Å². The number of carboxylic acids is 1. The van der Waals surface area contributed by atoms with Crippen LogP contribution in [-0.4, -0.2) is 36.0 Å². The second-order valence-corrected chi connectivity index (χ2v) is 5.82. The molecule has 0 radical (unpaired) electrons. The first-order valence-corrected chi connectivity index (χ1v) is 8.18. The Bertz CT molecular complexity index is 878. The molecule has 1 heterocycles. The molecule has 0 atom stereocenters. The van der Waals surface area contributed by atoms with Gasteiger partial charge in [0.1, 0.15) is 12.3 Å². The van der Waals surface area contributed by atoms with Crippen LogP contribution in [0.5, 0.6) is 5.75 Å². The number of amides is 2. The van der Waals surface area contributed by atoms with E-state index in [0.29, 0.717) is 11.4 Å². The molecule has 7 heteroatoms. The topological polar surface area (TPSA) is 95.9 Å². The number of ether oxygens (including phenoxy) is 1. The van der Waals surface area contributed by atoms with Crippen molar-refractivity contribution in [1.29, 1.82) is 0 Å². The van der Waals surface area contributed by atoms with Crippen molar-refractivity contribution in [1.82, 2.24) is 0 Å². The smallest absolute Gasteiger partial charge is 0.335 e. The van der Waals surface area contributed by atoms with E-state index in [2.05, 4.69) is 5.32 Å². The minimum absolute atomic E-state index is 0.0550. The van der Waals surface area contributed by atoms with Gasteiger partial charge in [-0.1, -0.05) is 25.1 Å². The summed E-state index contributed by atoms with van der Waals surface area (Å²) in [5.74, 6) is -1.52. The maximum Gasteiger partial charge on any atom is 0.335 e. The van der Waals surface area contributed by atoms with Crippen molar-refractivity contribution in [3.8, 4) is 5.75 Å². The molecule has 2 N–H and O–H groups in total. The average Bonchev–Trinajstić information content (AvgIpc) is 2.64. The highest BCUT2D eigenvalue weighted by atomic mass is 16.5. The fourth-order valence-electron chi connectivity index (χ4n) is 2.79. The number of benzene rings is 2. The number of carbonyl (C=O) groups is 3. The lowest BCUT2D eigenvalue weighted by Crippen LogP contribution is -2.43. The third kappa shape index (κ3) is 3.51. The summed E-state index contributed by atoms with van der Waals surface area (Å²) in [7, 11) is 0. The van der Waals surface area contributed by atoms with Crippen LogP contribution in [0.4, 0.5) is 11.4 Å². The SMILES string of the molecule is CCc1ccccc1NC(=O)CN1C(=O)COc2cc(C(=O)O)ccc21. The molecule has 2 aromatic carbocycles. The molecule has 2 amide bonds. The largest absolute Gasteiger partial charge is 0.482 e. The van der Waals surface area contributed by atoms with E-state index < -0.39 is 5.97 Å². The average molecular weight is 354 g/mol. The maximum absolute atomic E-state index is 12.4. The Hall–Kier alpha value is -3.35. The predicted molar refractivity (Wildman–Crippen MR) is 95.7 cm³/mol. The lowest BCUT2D eigenvalue weighted by atomic mass is 10.1. The maximum atomic E-state index is 12.4. The Labute approximate surface area is 150 Å². The van der Waals surface area contributed by atoms with Crippen LogP contribution >= 0.6 is 0 Å². The van der Waals surface area contributed by atoms with Crippen molar-refractivity contribution in [2.75, 3.05) is 23.4 Å². The van der Waals surface area contributed by atoms with Gasteiger partial charge in [-0.2, -0.15) is 0 Å². The fraction of sp³-hybridized carbons (Fsp3) is 0.211. The number of nitrogens with one attached hydrogen (secondary N) is 1. The van der Waals surface area contributed by atoms with E-state index in [1.807, 2.05) is 31.2 Å². The van der Waals surface area contributed by atoms with Gasteiger partial charge in [-0.3, -0.25) is 14.5 Å². The molecule has 3 rings (SSSR count). The summed E-state index contributed by atoms with van der Waals surface area (Å²) in [6, 6.07) is 11.7. The van der Waals surface area contributed by atoms with Crippen molar-refractivity contribution >= 4 is 29.2 Å². The molecule has 0 unspecified atom stereocenters. The predicted octanol–water partition coefficient (Wildman–Crippen LogP) is 2.31. The number of hydrogen-bond donors (Lipinski definition) is 2. The van der Waals surface area contributed by atoms with Crippen LogP contribution in [0.3, 0.4) is 0 Å². The molecule has 0 aromatic heterocycles. The molecule has 2 aromatic rings. The normalized spacial score (nSPS) is 13.0. The number of aryl methyl sites for hydroxylation is 1. The molecule has 0 aliphatic carbocycles. The highest BCUT2D eigenvalue weighted by Crippen LogP contribution is 2.33. The van der Waals surface area contributed by atoms with Crippen molar-refractivity contribution in [3.05, 3.63) is 53.6 Å². The number of fused-ring (bicyclic) bond motifs is 1. The molecular formula is C19H18N2O5. The van der Waals surface area contributed by atoms with Gasteiger partial charge in [0, 0.05) is 5.69 Å². The minimum atomic E-state index is -1.09. The van der Waals surface area contributed by atoms with Gasteiger partial charge in [0.25, 0.3) is 5.91 Å². The molecule has 1 aliphatic heterocycles. The van der Waals surface area contributed by atoms with E-state index in [1.54, 1.807) is 0 Å². The number of nitrogens with zero attached hydrogens (tertiary/aromatic N) is 1. The molecule has 7 nitrogen and oxygen atoms in total. The van der Waals surface area contributed by atoms with E-state index in [9.17, 15) is 14.4 Å². The number of carbonyl (C=O) groups excluding carboxylic acids is 2. The van der Waals surface area contributed by atoms with Crippen LogP contribution in [0.2, 0.25) is 0 Å². The van der Waals surface area contributed by atoms with Gasteiger partial charge < -0.3 is 15.2 Å². The van der Waals surface area contributed by atoms with Crippen LogP contribution in [0.15, 0.2) is 42.5 Å². The quantitative estimate of drug-likeness (QED) is 0.859. The Morgan fingerprint density at radius 2 is 2.00 bits per heavy atom. The van der Waals surface area contributed by atoms with E-state index in [-0.39, 0.29) is 36.3 Å². The molecule has 0 saturated carbocycles. The summed E-state index contributed by atoms with van der Waals surface area (Å²) in [6.45, 7) is 1.57. The monoisotopic (exact) mass is 354 g/mol. The van der Waals surface area contributed by atoms with Crippen molar-refractivity contribution < 1.29 is 24.2 Å². The van der Waals surface area contributed by atoms with E-state index in [0.717, 1.165) is 12.0 Å². The molecule has 0 bridgehead atoms. The number of rotatable bonds is 5. The lowest BCUT2D eigenvalue weighted by molar-refractivity contribution is -0.123. The van der Waals surface area contributed by atoms with Crippen LogP contribution in [0, 0.1) is 0 Å². The summed E-state index contributed by atoms with van der Waals surface area (Å²) in [5.41, 5.74) is 2.15. The molecule has 0 fully saturated rings. The first kappa shape index (κ1) is 17.5. The third-order valence-corrected chi connectivity index (χ3v) is 4.12. The molecule has 134 valence electrons. The van der Waals surface area contributed by atoms with Crippen LogP contribution in [0.1, 0.15) is 22.8 Å².